The number of carboxylic acid groups (broad SMARTS) is 1. The Bertz CT molecular complexity index is 476. The minimum Gasteiger partial charge on any atom is -0.480 e. The number of aromatic nitrogens is 2. The van der Waals surface area contributed by atoms with Gasteiger partial charge in [-0.3, -0.25) is 9.89 Å². The molecular formula is C9H15N3O4S. The van der Waals surface area contributed by atoms with E-state index >= 15 is 0 Å². The van der Waals surface area contributed by atoms with Crippen LogP contribution in [0.2, 0.25) is 0 Å². The minimum absolute atomic E-state index is 0.148. The molecule has 17 heavy (non-hydrogen) atoms. The van der Waals surface area contributed by atoms with E-state index in [1.165, 1.54) is 12.3 Å². The van der Waals surface area contributed by atoms with Crippen LogP contribution in [0.15, 0.2) is 17.3 Å². The zero-order valence-electron chi connectivity index (χ0n) is 9.60. The van der Waals surface area contributed by atoms with Gasteiger partial charge in [0.15, 0.2) is 5.03 Å². The molecule has 7 nitrogen and oxygen atoms in total. The van der Waals surface area contributed by atoms with Crippen LogP contribution < -0.4 is 4.72 Å². The first-order chi connectivity index (χ1) is 7.88. The third-order valence-corrected chi connectivity index (χ3v) is 4.18. The van der Waals surface area contributed by atoms with E-state index in [0.29, 0.717) is 0 Å². The van der Waals surface area contributed by atoms with Gasteiger partial charge in [0.05, 0.1) is 6.20 Å². The molecule has 0 unspecified atom stereocenters. The van der Waals surface area contributed by atoms with E-state index in [2.05, 4.69) is 14.9 Å². The molecule has 3 N–H and O–H groups in total. The fraction of sp³-hybridized carbons (Fsp3) is 0.556. The highest BCUT2D eigenvalue weighted by atomic mass is 32.2. The first kappa shape index (κ1) is 13.7. The third kappa shape index (κ3) is 2.64. The second-order valence-corrected chi connectivity index (χ2v) is 5.27. The summed E-state index contributed by atoms with van der Waals surface area (Å²) < 4.78 is 26.0. The molecule has 0 radical (unpaired) electrons. The summed E-state index contributed by atoms with van der Waals surface area (Å²) in [4.78, 5) is 11.2. The molecular weight excluding hydrogens is 246 g/mol. The maximum absolute atomic E-state index is 11.9. The Morgan fingerprint density at radius 2 is 2.12 bits per heavy atom. The van der Waals surface area contributed by atoms with Gasteiger partial charge >= 0.3 is 5.97 Å². The average molecular weight is 261 g/mol. The molecule has 1 aromatic heterocycles. The molecule has 1 rings (SSSR count). The van der Waals surface area contributed by atoms with Crippen molar-refractivity contribution in [3.63, 3.8) is 0 Å². The van der Waals surface area contributed by atoms with Crippen LogP contribution in [0.3, 0.4) is 0 Å². The molecule has 0 bridgehead atoms. The largest absolute Gasteiger partial charge is 0.480 e. The normalized spacial score (nSPS) is 12.6. The van der Waals surface area contributed by atoms with Crippen LogP contribution in [0, 0.1) is 0 Å². The van der Waals surface area contributed by atoms with E-state index in [-0.39, 0.29) is 17.9 Å². The number of carbonyl (C=O) groups is 1. The Hall–Kier alpha value is -1.41. The second-order valence-electron chi connectivity index (χ2n) is 3.62. The van der Waals surface area contributed by atoms with Gasteiger partial charge in [-0.15, -0.1) is 0 Å². The van der Waals surface area contributed by atoms with E-state index in [0.717, 1.165) is 0 Å². The number of sulfonamides is 1. The lowest BCUT2D eigenvalue weighted by atomic mass is 9.95. The van der Waals surface area contributed by atoms with Gasteiger partial charge in [-0.2, -0.15) is 9.82 Å². The summed E-state index contributed by atoms with van der Waals surface area (Å²) in [7, 11) is -3.89. The first-order valence-corrected chi connectivity index (χ1v) is 6.63. The summed E-state index contributed by atoms with van der Waals surface area (Å²) in [5.74, 6) is -1.19. The van der Waals surface area contributed by atoms with Crippen LogP contribution >= 0.6 is 0 Å². The fourth-order valence-corrected chi connectivity index (χ4v) is 2.86. The number of hydrogen-bond donors (Lipinski definition) is 3. The van der Waals surface area contributed by atoms with Crippen molar-refractivity contribution in [2.75, 3.05) is 0 Å². The smallest absolute Gasteiger partial charge is 0.324 e. The number of hydrogen-bond acceptors (Lipinski definition) is 4. The molecule has 0 fully saturated rings. The zero-order valence-corrected chi connectivity index (χ0v) is 10.4. The minimum atomic E-state index is -3.89. The molecule has 0 saturated carbocycles. The Labute approximate surface area is 99.3 Å². The Kier molecular flexibility index (Phi) is 3.89. The number of aliphatic carboxylic acids is 1. The molecule has 0 aliphatic rings. The maximum atomic E-state index is 11.9. The highest BCUT2D eigenvalue weighted by molar-refractivity contribution is 7.89. The number of rotatable bonds is 6. The zero-order chi connectivity index (χ0) is 13.1. The van der Waals surface area contributed by atoms with Crippen molar-refractivity contribution in [3.8, 4) is 0 Å². The highest BCUT2D eigenvalue weighted by Gasteiger charge is 2.39. The van der Waals surface area contributed by atoms with Crippen molar-refractivity contribution in [1.82, 2.24) is 14.9 Å². The van der Waals surface area contributed by atoms with Crippen molar-refractivity contribution < 1.29 is 18.3 Å². The topological polar surface area (TPSA) is 112 Å². The molecule has 0 atom stereocenters. The highest BCUT2D eigenvalue weighted by Crippen LogP contribution is 2.19. The quantitative estimate of drug-likeness (QED) is 0.683. The fourth-order valence-electron chi connectivity index (χ4n) is 1.45. The molecule has 0 aliphatic heterocycles. The maximum Gasteiger partial charge on any atom is 0.324 e. The lowest BCUT2D eigenvalue weighted by Gasteiger charge is -2.27. The van der Waals surface area contributed by atoms with Crippen LogP contribution in [-0.4, -0.2) is 35.2 Å². The van der Waals surface area contributed by atoms with Crippen molar-refractivity contribution in [2.45, 2.75) is 37.3 Å². The Balaban J connectivity index is 3.08. The number of carboxylic acids is 1. The van der Waals surface area contributed by atoms with Crippen molar-refractivity contribution in [1.29, 1.82) is 0 Å². The SMILES string of the molecule is CCC(CC)(NS(=O)(=O)c1ccn[nH]1)C(=O)O. The van der Waals surface area contributed by atoms with Gasteiger partial charge in [-0.25, -0.2) is 8.42 Å². The van der Waals surface area contributed by atoms with Crippen molar-refractivity contribution in [2.24, 2.45) is 0 Å². The molecule has 0 saturated heterocycles. The van der Waals surface area contributed by atoms with Gasteiger partial charge in [0.2, 0.25) is 0 Å². The van der Waals surface area contributed by atoms with Crippen LogP contribution in [0.5, 0.6) is 0 Å². The van der Waals surface area contributed by atoms with Crippen LogP contribution in [0.1, 0.15) is 26.7 Å². The van der Waals surface area contributed by atoms with E-state index in [1.807, 2.05) is 0 Å². The summed E-state index contributed by atoms with van der Waals surface area (Å²) in [6, 6.07) is 1.26. The Morgan fingerprint density at radius 3 is 2.47 bits per heavy atom. The van der Waals surface area contributed by atoms with E-state index in [9.17, 15) is 13.2 Å². The van der Waals surface area contributed by atoms with Crippen molar-refractivity contribution in [3.05, 3.63) is 12.3 Å². The molecule has 1 heterocycles. The van der Waals surface area contributed by atoms with Gasteiger partial charge in [0.25, 0.3) is 10.0 Å². The van der Waals surface area contributed by atoms with E-state index in [1.54, 1.807) is 13.8 Å². The number of aromatic amines is 1. The predicted molar refractivity (Wildman–Crippen MR) is 59.9 cm³/mol. The number of H-pyrrole nitrogens is 1. The Morgan fingerprint density at radius 1 is 1.53 bits per heavy atom. The van der Waals surface area contributed by atoms with E-state index < -0.39 is 21.5 Å². The summed E-state index contributed by atoms with van der Waals surface area (Å²) in [5, 5.41) is 14.8. The van der Waals surface area contributed by atoms with Crippen LogP contribution in [0.25, 0.3) is 0 Å². The molecule has 0 amide bonds. The summed E-state index contributed by atoms with van der Waals surface area (Å²) in [6.45, 7) is 3.24. The summed E-state index contributed by atoms with van der Waals surface area (Å²) >= 11 is 0. The number of nitrogens with one attached hydrogen (secondary N) is 2. The molecule has 1 aromatic rings. The summed E-state index contributed by atoms with van der Waals surface area (Å²) in [5.41, 5.74) is -1.48. The molecule has 0 spiro atoms. The average Bonchev–Trinajstić information content (AvgIpc) is 2.79. The summed E-state index contributed by atoms with van der Waals surface area (Å²) in [6.07, 6.45) is 1.60. The molecule has 96 valence electrons. The monoisotopic (exact) mass is 261 g/mol. The lowest BCUT2D eigenvalue weighted by molar-refractivity contribution is -0.144. The van der Waals surface area contributed by atoms with Gasteiger partial charge < -0.3 is 5.11 Å². The van der Waals surface area contributed by atoms with Gasteiger partial charge in [0, 0.05) is 0 Å². The van der Waals surface area contributed by atoms with Gasteiger partial charge in [-0.1, -0.05) is 13.8 Å². The third-order valence-electron chi connectivity index (χ3n) is 2.71. The van der Waals surface area contributed by atoms with Gasteiger partial charge in [0.1, 0.15) is 5.54 Å². The predicted octanol–water partition coefficient (Wildman–Crippen LogP) is 0.331. The van der Waals surface area contributed by atoms with Crippen molar-refractivity contribution >= 4 is 16.0 Å². The molecule has 0 aromatic carbocycles. The van der Waals surface area contributed by atoms with Crippen LogP contribution in [0.4, 0.5) is 0 Å². The lowest BCUT2D eigenvalue weighted by Crippen LogP contribution is -2.53. The van der Waals surface area contributed by atoms with Crippen LogP contribution in [-0.2, 0) is 14.8 Å². The van der Waals surface area contributed by atoms with Gasteiger partial charge in [-0.05, 0) is 18.9 Å². The van der Waals surface area contributed by atoms with E-state index in [4.69, 9.17) is 5.11 Å². The second kappa shape index (κ2) is 4.84. The first-order valence-electron chi connectivity index (χ1n) is 5.14. The number of nitrogens with zero attached hydrogens (tertiary/aromatic N) is 1. The molecule has 8 heteroatoms. The standard InChI is InChI=1S/C9H15N3O4S/c1-3-9(4-2,8(13)14)12-17(15,16)7-5-6-10-11-7/h5-6,12H,3-4H2,1-2H3,(H,10,11)(H,13,14). The molecule has 0 aliphatic carbocycles.